The molecular weight excluding hydrogens is 327 g/mol. The van der Waals surface area contributed by atoms with Gasteiger partial charge in [0, 0.05) is 18.5 Å². The summed E-state index contributed by atoms with van der Waals surface area (Å²) in [5, 5.41) is 15.6. The molecule has 0 amide bonds. The number of rotatable bonds is 6. The summed E-state index contributed by atoms with van der Waals surface area (Å²) in [6.45, 7) is 3.89. The quantitative estimate of drug-likeness (QED) is 0.619. The zero-order valence-corrected chi connectivity index (χ0v) is 14.9. The van der Waals surface area contributed by atoms with Gasteiger partial charge in [-0.15, -0.1) is 0 Å². The van der Waals surface area contributed by atoms with Crippen molar-refractivity contribution in [3.63, 3.8) is 0 Å². The highest BCUT2D eigenvalue weighted by Gasteiger charge is 2.45. The lowest BCUT2D eigenvalue weighted by molar-refractivity contribution is 0.559. The topological polar surface area (TPSA) is 60.2 Å². The van der Waals surface area contributed by atoms with E-state index in [0.29, 0.717) is 24.6 Å². The van der Waals surface area contributed by atoms with Gasteiger partial charge >= 0.3 is 0 Å². The summed E-state index contributed by atoms with van der Waals surface area (Å²) in [6.07, 6.45) is 1.95. The van der Waals surface area contributed by atoms with E-state index >= 15 is 0 Å². The van der Waals surface area contributed by atoms with Crippen molar-refractivity contribution in [3.05, 3.63) is 71.0 Å². The van der Waals surface area contributed by atoms with Gasteiger partial charge < -0.3 is 10.6 Å². The van der Waals surface area contributed by atoms with Crippen LogP contribution in [-0.4, -0.2) is 19.0 Å². The number of halogens is 1. The van der Waals surface area contributed by atoms with Crippen LogP contribution in [0.5, 0.6) is 0 Å². The minimum Gasteiger partial charge on any atom is -0.357 e. The van der Waals surface area contributed by atoms with Crippen LogP contribution >= 0.6 is 0 Å². The largest absolute Gasteiger partial charge is 0.357 e. The van der Waals surface area contributed by atoms with E-state index in [4.69, 9.17) is 5.26 Å². The molecule has 0 unspecified atom stereocenters. The molecule has 3 rings (SSSR count). The summed E-state index contributed by atoms with van der Waals surface area (Å²) < 4.78 is 14.1. The van der Waals surface area contributed by atoms with Crippen molar-refractivity contribution in [2.24, 2.45) is 4.99 Å². The third-order valence-corrected chi connectivity index (χ3v) is 4.71. The number of hydrogen-bond acceptors (Lipinski definition) is 2. The summed E-state index contributed by atoms with van der Waals surface area (Å²) in [5.41, 5.74) is 2.26. The molecule has 5 heteroatoms. The number of nitrogens with one attached hydrogen (secondary N) is 2. The summed E-state index contributed by atoms with van der Waals surface area (Å²) in [7, 11) is 0. The average Bonchev–Trinajstić information content (AvgIpc) is 3.45. The van der Waals surface area contributed by atoms with Crippen LogP contribution in [0.2, 0.25) is 0 Å². The highest BCUT2D eigenvalue weighted by molar-refractivity contribution is 5.80. The van der Waals surface area contributed by atoms with E-state index in [2.05, 4.69) is 21.7 Å². The Bertz CT molecular complexity index is 834. The van der Waals surface area contributed by atoms with Crippen LogP contribution < -0.4 is 10.6 Å². The molecule has 1 fully saturated rings. The molecule has 0 atom stereocenters. The standard InChI is InChI=1S/C21H23FN4/c1-2-24-20(25-14-17-7-5-6-16(12-17)13-23)26-15-21(10-11-21)18-8-3-4-9-19(18)22/h3-9,12H,2,10-11,14-15H2,1H3,(H2,24,25,26). The predicted octanol–water partition coefficient (Wildman–Crippen LogP) is 3.48. The SMILES string of the molecule is CCNC(=NCc1cccc(C#N)c1)NCC1(c2ccccc2F)CC1. The summed E-state index contributed by atoms with van der Waals surface area (Å²) in [5.74, 6) is 0.569. The minimum absolute atomic E-state index is 0.137. The van der Waals surface area contributed by atoms with E-state index in [-0.39, 0.29) is 11.2 Å². The van der Waals surface area contributed by atoms with Gasteiger partial charge in [-0.3, -0.25) is 0 Å². The molecule has 2 aromatic carbocycles. The maximum atomic E-state index is 14.1. The Balaban J connectivity index is 1.67. The number of guanidine groups is 1. The van der Waals surface area contributed by atoms with Crippen molar-refractivity contribution in [1.82, 2.24) is 10.6 Å². The number of benzene rings is 2. The van der Waals surface area contributed by atoms with Gasteiger partial charge in [0.2, 0.25) is 0 Å². The van der Waals surface area contributed by atoms with Crippen LogP contribution in [0, 0.1) is 17.1 Å². The lowest BCUT2D eigenvalue weighted by Gasteiger charge is -2.19. The van der Waals surface area contributed by atoms with Gasteiger partial charge in [0.1, 0.15) is 5.82 Å². The molecule has 2 aromatic rings. The molecular formula is C21H23FN4. The van der Waals surface area contributed by atoms with Crippen LogP contribution in [0.1, 0.15) is 36.5 Å². The maximum Gasteiger partial charge on any atom is 0.191 e. The maximum absolute atomic E-state index is 14.1. The first-order chi connectivity index (χ1) is 12.7. The molecule has 0 aromatic heterocycles. The third kappa shape index (κ3) is 4.20. The smallest absolute Gasteiger partial charge is 0.191 e. The molecule has 1 aliphatic carbocycles. The van der Waals surface area contributed by atoms with Crippen molar-refractivity contribution < 1.29 is 4.39 Å². The zero-order chi connectivity index (χ0) is 18.4. The zero-order valence-electron chi connectivity index (χ0n) is 14.9. The summed E-state index contributed by atoms with van der Waals surface area (Å²) in [6, 6.07) is 16.6. The Labute approximate surface area is 153 Å². The first kappa shape index (κ1) is 17.9. The Hall–Kier alpha value is -2.87. The van der Waals surface area contributed by atoms with Crippen molar-refractivity contribution in [2.45, 2.75) is 31.7 Å². The van der Waals surface area contributed by atoms with Gasteiger partial charge in [-0.05, 0) is 49.1 Å². The van der Waals surface area contributed by atoms with Gasteiger partial charge in [-0.2, -0.15) is 5.26 Å². The third-order valence-electron chi connectivity index (χ3n) is 4.71. The fraction of sp³-hybridized carbons (Fsp3) is 0.333. The second-order valence-corrected chi connectivity index (χ2v) is 6.62. The summed E-state index contributed by atoms with van der Waals surface area (Å²) in [4.78, 5) is 4.60. The highest BCUT2D eigenvalue weighted by Crippen LogP contribution is 2.48. The second kappa shape index (κ2) is 8.01. The molecule has 0 radical (unpaired) electrons. The predicted molar refractivity (Wildman–Crippen MR) is 101 cm³/mol. The van der Waals surface area contributed by atoms with Crippen molar-refractivity contribution >= 4 is 5.96 Å². The van der Waals surface area contributed by atoms with Gasteiger partial charge in [0.05, 0.1) is 18.2 Å². The van der Waals surface area contributed by atoms with Crippen LogP contribution in [0.4, 0.5) is 4.39 Å². The van der Waals surface area contributed by atoms with Gasteiger partial charge in [0.15, 0.2) is 5.96 Å². The molecule has 2 N–H and O–H groups in total. The van der Waals surface area contributed by atoms with E-state index in [1.54, 1.807) is 12.1 Å². The molecule has 134 valence electrons. The van der Waals surface area contributed by atoms with Crippen LogP contribution in [-0.2, 0) is 12.0 Å². The van der Waals surface area contributed by atoms with Gasteiger partial charge in [-0.1, -0.05) is 30.3 Å². The normalized spacial score (nSPS) is 15.2. The van der Waals surface area contributed by atoms with Crippen LogP contribution in [0.3, 0.4) is 0 Å². The van der Waals surface area contributed by atoms with Crippen molar-refractivity contribution in [1.29, 1.82) is 5.26 Å². The fourth-order valence-electron chi connectivity index (χ4n) is 3.09. The molecule has 1 saturated carbocycles. The van der Waals surface area contributed by atoms with Crippen LogP contribution in [0.25, 0.3) is 0 Å². The van der Waals surface area contributed by atoms with E-state index in [9.17, 15) is 4.39 Å². The monoisotopic (exact) mass is 350 g/mol. The molecule has 0 aliphatic heterocycles. The first-order valence-electron chi connectivity index (χ1n) is 8.93. The number of aliphatic imine (C=N–C) groups is 1. The summed E-state index contributed by atoms with van der Waals surface area (Å²) >= 11 is 0. The lowest BCUT2D eigenvalue weighted by atomic mass is 9.95. The van der Waals surface area contributed by atoms with E-state index in [0.717, 1.165) is 30.5 Å². The molecule has 26 heavy (non-hydrogen) atoms. The Morgan fingerprint density at radius 1 is 1.19 bits per heavy atom. The lowest BCUT2D eigenvalue weighted by Crippen LogP contribution is -2.41. The van der Waals surface area contributed by atoms with Crippen LogP contribution in [0.15, 0.2) is 53.5 Å². The Kier molecular flexibility index (Phi) is 5.52. The van der Waals surface area contributed by atoms with E-state index in [1.165, 1.54) is 6.07 Å². The van der Waals surface area contributed by atoms with E-state index in [1.807, 2.05) is 37.3 Å². The Morgan fingerprint density at radius 2 is 2.00 bits per heavy atom. The number of nitrogens with zero attached hydrogens (tertiary/aromatic N) is 2. The molecule has 0 saturated heterocycles. The molecule has 1 aliphatic rings. The molecule has 0 heterocycles. The number of hydrogen-bond donors (Lipinski definition) is 2. The molecule has 0 bridgehead atoms. The van der Waals surface area contributed by atoms with Gasteiger partial charge in [-0.25, -0.2) is 9.38 Å². The second-order valence-electron chi connectivity index (χ2n) is 6.62. The first-order valence-corrected chi connectivity index (χ1v) is 8.93. The fourth-order valence-corrected chi connectivity index (χ4v) is 3.09. The van der Waals surface area contributed by atoms with Crippen molar-refractivity contribution in [2.75, 3.05) is 13.1 Å². The van der Waals surface area contributed by atoms with Crippen molar-refractivity contribution in [3.8, 4) is 6.07 Å². The highest BCUT2D eigenvalue weighted by atomic mass is 19.1. The minimum atomic E-state index is -0.137. The van der Waals surface area contributed by atoms with E-state index < -0.39 is 0 Å². The molecule has 0 spiro atoms. The Morgan fingerprint density at radius 3 is 2.69 bits per heavy atom. The van der Waals surface area contributed by atoms with Gasteiger partial charge in [0.25, 0.3) is 0 Å². The molecule has 4 nitrogen and oxygen atoms in total. The number of nitriles is 1. The average molecular weight is 350 g/mol.